The molecular formula is C20H31N7. The molecule has 2 aliphatic heterocycles. The van der Waals surface area contributed by atoms with Crippen LogP contribution in [0.1, 0.15) is 57.8 Å². The van der Waals surface area contributed by atoms with E-state index in [0.29, 0.717) is 11.9 Å². The maximum Gasteiger partial charge on any atom is 0.201 e. The molecule has 2 aromatic heterocycles. The second kappa shape index (κ2) is 8.02. The monoisotopic (exact) mass is 369 g/mol. The van der Waals surface area contributed by atoms with Crippen molar-refractivity contribution in [1.29, 1.82) is 0 Å². The molecule has 0 amide bonds. The highest BCUT2D eigenvalue weighted by Crippen LogP contribution is 2.34. The number of hydrogen-bond acceptors (Lipinski definition) is 6. The van der Waals surface area contributed by atoms with Crippen LogP contribution >= 0.6 is 0 Å². The number of aromatic amines is 1. The Morgan fingerprint density at radius 2 is 1.93 bits per heavy atom. The number of hydrogen-bond donors (Lipinski definition) is 1. The molecule has 0 spiro atoms. The lowest BCUT2D eigenvalue weighted by Gasteiger charge is -2.38. The summed E-state index contributed by atoms with van der Waals surface area (Å²) in [6, 6.07) is 0.323. The predicted octanol–water partition coefficient (Wildman–Crippen LogP) is 2.91. The lowest BCUT2D eigenvalue weighted by molar-refractivity contribution is 0.100. The fourth-order valence-electron chi connectivity index (χ4n) is 4.60. The van der Waals surface area contributed by atoms with Gasteiger partial charge in [-0.25, -0.2) is 9.97 Å². The summed E-state index contributed by atoms with van der Waals surface area (Å²) in [4.78, 5) is 18.4. The Balaban J connectivity index is 1.42. The number of piperidine rings is 1. The second-order valence-corrected chi connectivity index (χ2v) is 8.76. The molecule has 1 unspecified atom stereocenters. The lowest BCUT2D eigenvalue weighted by Crippen LogP contribution is -2.43. The van der Waals surface area contributed by atoms with E-state index in [1.54, 1.807) is 18.6 Å². The van der Waals surface area contributed by atoms with Gasteiger partial charge in [0.2, 0.25) is 5.82 Å². The van der Waals surface area contributed by atoms with E-state index in [-0.39, 0.29) is 5.41 Å². The van der Waals surface area contributed by atoms with Gasteiger partial charge in [0.25, 0.3) is 0 Å². The lowest BCUT2D eigenvalue weighted by atomic mass is 9.90. The average molecular weight is 370 g/mol. The highest BCUT2D eigenvalue weighted by atomic mass is 15.3. The van der Waals surface area contributed by atoms with Crippen LogP contribution in [0.2, 0.25) is 0 Å². The Hall–Kier alpha value is -1.86. The smallest absolute Gasteiger partial charge is 0.201 e. The zero-order valence-corrected chi connectivity index (χ0v) is 16.6. The van der Waals surface area contributed by atoms with Gasteiger partial charge in [0.1, 0.15) is 11.5 Å². The van der Waals surface area contributed by atoms with Gasteiger partial charge in [-0.3, -0.25) is 15.0 Å². The molecule has 1 atom stereocenters. The van der Waals surface area contributed by atoms with Crippen molar-refractivity contribution in [1.82, 2.24) is 34.9 Å². The second-order valence-electron chi connectivity index (χ2n) is 8.76. The fraction of sp³-hybridized carbons (Fsp3) is 0.700. The molecule has 2 aromatic rings. The molecule has 4 heterocycles. The molecule has 7 nitrogen and oxygen atoms in total. The van der Waals surface area contributed by atoms with Gasteiger partial charge in [-0.05, 0) is 50.7 Å². The van der Waals surface area contributed by atoms with Crippen molar-refractivity contribution in [3.8, 4) is 11.5 Å². The summed E-state index contributed by atoms with van der Waals surface area (Å²) in [7, 11) is 0. The topological polar surface area (TPSA) is 73.8 Å². The van der Waals surface area contributed by atoms with Crippen molar-refractivity contribution >= 4 is 0 Å². The first-order chi connectivity index (χ1) is 13.1. The van der Waals surface area contributed by atoms with Gasteiger partial charge >= 0.3 is 0 Å². The van der Waals surface area contributed by atoms with Crippen LogP contribution in [0.3, 0.4) is 0 Å². The van der Waals surface area contributed by atoms with E-state index in [9.17, 15) is 0 Å². The Morgan fingerprint density at radius 1 is 1.07 bits per heavy atom. The summed E-state index contributed by atoms with van der Waals surface area (Å²) >= 11 is 0. The van der Waals surface area contributed by atoms with Crippen molar-refractivity contribution in [3.05, 3.63) is 24.4 Å². The van der Waals surface area contributed by atoms with Gasteiger partial charge in [-0.1, -0.05) is 20.3 Å². The Kier molecular flexibility index (Phi) is 5.50. The van der Waals surface area contributed by atoms with Crippen molar-refractivity contribution in [2.24, 2.45) is 5.41 Å². The zero-order chi connectivity index (χ0) is 18.7. The van der Waals surface area contributed by atoms with Crippen LogP contribution in [0.25, 0.3) is 11.5 Å². The summed E-state index contributed by atoms with van der Waals surface area (Å²) in [5.74, 6) is 1.60. The standard InChI is InChI=1S/C20H31N7/c1-20(2,14-26-10-4-3-5-11-26)15-27-12-6-7-17(27)19-23-18(24-25-19)16-13-21-8-9-22-16/h8-9,13,17H,3-7,10-12,14-15H2,1-2H3,(H,23,24,25). The van der Waals surface area contributed by atoms with E-state index >= 15 is 0 Å². The van der Waals surface area contributed by atoms with Crippen LogP contribution in [-0.4, -0.2) is 67.7 Å². The highest BCUT2D eigenvalue weighted by Gasteiger charge is 2.34. The van der Waals surface area contributed by atoms with Crippen LogP contribution < -0.4 is 0 Å². The molecular weight excluding hydrogens is 338 g/mol. The van der Waals surface area contributed by atoms with Gasteiger partial charge < -0.3 is 4.90 Å². The molecule has 2 saturated heterocycles. The molecule has 0 aliphatic carbocycles. The summed E-state index contributed by atoms with van der Waals surface area (Å²) < 4.78 is 0. The Labute approximate surface area is 161 Å². The van der Waals surface area contributed by atoms with Gasteiger partial charge in [0.15, 0.2) is 0 Å². The van der Waals surface area contributed by atoms with Crippen LogP contribution in [0.15, 0.2) is 18.6 Å². The Morgan fingerprint density at radius 3 is 2.70 bits per heavy atom. The SMILES string of the molecule is CC(C)(CN1CCCCC1)CN1CCCC1c1nc(-c2cnccn2)n[nH]1. The molecule has 0 aromatic carbocycles. The molecule has 0 radical (unpaired) electrons. The maximum atomic E-state index is 4.74. The van der Waals surface area contributed by atoms with E-state index in [0.717, 1.165) is 31.0 Å². The Bertz CT molecular complexity index is 721. The molecule has 2 aliphatic rings. The minimum absolute atomic E-state index is 0.272. The van der Waals surface area contributed by atoms with Gasteiger partial charge in [0.05, 0.1) is 12.2 Å². The summed E-state index contributed by atoms with van der Waals surface area (Å²) in [5, 5.41) is 7.54. The van der Waals surface area contributed by atoms with Crippen LogP contribution in [0.5, 0.6) is 0 Å². The van der Waals surface area contributed by atoms with Crippen LogP contribution in [0.4, 0.5) is 0 Å². The van der Waals surface area contributed by atoms with Crippen molar-refractivity contribution < 1.29 is 0 Å². The average Bonchev–Trinajstić information content (AvgIpc) is 3.31. The first-order valence-corrected chi connectivity index (χ1v) is 10.3. The van der Waals surface area contributed by atoms with E-state index < -0.39 is 0 Å². The van der Waals surface area contributed by atoms with E-state index in [1.807, 2.05) is 0 Å². The van der Waals surface area contributed by atoms with E-state index in [4.69, 9.17) is 4.98 Å². The first-order valence-electron chi connectivity index (χ1n) is 10.3. The zero-order valence-electron chi connectivity index (χ0n) is 16.6. The maximum absolute atomic E-state index is 4.74. The molecule has 0 bridgehead atoms. The predicted molar refractivity (Wildman–Crippen MR) is 105 cm³/mol. The minimum atomic E-state index is 0.272. The number of nitrogens with one attached hydrogen (secondary N) is 1. The third-order valence-corrected chi connectivity index (χ3v) is 5.71. The molecule has 1 N–H and O–H groups in total. The van der Waals surface area contributed by atoms with Gasteiger partial charge in [-0.2, -0.15) is 5.10 Å². The van der Waals surface area contributed by atoms with Crippen molar-refractivity contribution in [3.63, 3.8) is 0 Å². The molecule has 4 rings (SSSR count). The fourth-order valence-corrected chi connectivity index (χ4v) is 4.60. The summed E-state index contributed by atoms with van der Waals surface area (Å²) in [5.41, 5.74) is 0.989. The third kappa shape index (κ3) is 4.52. The van der Waals surface area contributed by atoms with Crippen LogP contribution in [-0.2, 0) is 0 Å². The highest BCUT2D eigenvalue weighted by molar-refractivity contribution is 5.46. The quantitative estimate of drug-likeness (QED) is 0.844. The normalized spacial score (nSPS) is 22.4. The summed E-state index contributed by atoms with van der Waals surface area (Å²) in [6.07, 6.45) is 11.5. The number of aromatic nitrogens is 5. The number of rotatable bonds is 6. The number of likely N-dealkylation sites (tertiary alicyclic amines) is 2. The number of H-pyrrole nitrogens is 1. The first kappa shape index (κ1) is 18.5. The van der Waals surface area contributed by atoms with Crippen molar-refractivity contribution in [2.45, 2.75) is 52.0 Å². The minimum Gasteiger partial charge on any atom is -0.303 e. The van der Waals surface area contributed by atoms with Crippen LogP contribution in [0, 0.1) is 5.41 Å². The third-order valence-electron chi connectivity index (χ3n) is 5.71. The largest absolute Gasteiger partial charge is 0.303 e. The van der Waals surface area contributed by atoms with Gasteiger partial charge in [0, 0.05) is 25.5 Å². The molecule has 146 valence electrons. The van der Waals surface area contributed by atoms with Crippen molar-refractivity contribution in [2.75, 3.05) is 32.7 Å². The number of nitrogens with zero attached hydrogens (tertiary/aromatic N) is 6. The summed E-state index contributed by atoms with van der Waals surface area (Å²) in [6.45, 7) is 10.7. The molecule has 2 fully saturated rings. The van der Waals surface area contributed by atoms with Gasteiger partial charge in [-0.15, -0.1) is 0 Å². The van der Waals surface area contributed by atoms with E-state index in [1.165, 1.54) is 45.3 Å². The molecule has 7 heteroatoms. The molecule has 27 heavy (non-hydrogen) atoms. The molecule has 0 saturated carbocycles. The van der Waals surface area contributed by atoms with E-state index in [2.05, 4.69) is 43.8 Å².